The zero-order valence-electron chi connectivity index (χ0n) is 16.3. The average Bonchev–Trinajstić information content (AvgIpc) is 3.23. The summed E-state index contributed by atoms with van der Waals surface area (Å²) in [6.45, 7) is -2.05. The largest absolute Gasteiger partial charge is 0.459 e. The first-order valence-electron chi connectivity index (χ1n) is 9.02. The van der Waals surface area contributed by atoms with E-state index in [1.54, 1.807) is 34.2 Å². The van der Waals surface area contributed by atoms with Crippen LogP contribution in [0.25, 0.3) is 22.5 Å². The number of pyridine rings is 2. The maximum Gasteiger partial charge on any atom is 0.459 e. The van der Waals surface area contributed by atoms with Gasteiger partial charge in [0.1, 0.15) is 17.4 Å². The van der Waals surface area contributed by atoms with Crippen LogP contribution in [-0.2, 0) is 0 Å². The Morgan fingerprint density at radius 1 is 1.12 bits per heavy atom. The maximum atomic E-state index is 13.5. The van der Waals surface area contributed by atoms with Crippen LogP contribution in [0.3, 0.4) is 0 Å². The van der Waals surface area contributed by atoms with Crippen molar-refractivity contribution in [2.45, 2.75) is 18.0 Å². The topological polar surface area (TPSA) is 89.9 Å². The monoisotopic (exact) mass is 470 g/mol. The molecule has 0 saturated carbocycles. The van der Waals surface area contributed by atoms with Crippen molar-refractivity contribution in [3.8, 4) is 17.3 Å². The van der Waals surface area contributed by atoms with E-state index >= 15 is 0 Å². The van der Waals surface area contributed by atoms with Gasteiger partial charge in [-0.05, 0) is 24.3 Å². The molecule has 0 amide bonds. The number of nitrogens with one attached hydrogen (secondary N) is 2. The molecule has 6 nitrogen and oxygen atoms in total. The van der Waals surface area contributed by atoms with Crippen LogP contribution in [-0.4, -0.2) is 45.1 Å². The lowest BCUT2D eigenvalue weighted by Crippen LogP contribution is -2.55. The van der Waals surface area contributed by atoms with E-state index in [0.717, 1.165) is 0 Å². The highest BCUT2D eigenvalue weighted by Crippen LogP contribution is 2.46. The third kappa shape index (κ3) is 4.50. The number of aromatic nitrogens is 3. The molecule has 2 N–H and O–H groups in total. The van der Waals surface area contributed by atoms with Crippen LogP contribution in [0.2, 0.25) is 0 Å². The predicted molar refractivity (Wildman–Crippen MR) is 104 cm³/mol. The van der Waals surface area contributed by atoms with E-state index in [1.165, 1.54) is 18.3 Å². The normalized spacial score (nSPS) is 13.1. The van der Waals surface area contributed by atoms with Crippen LogP contribution in [0, 0.1) is 16.7 Å². The molecule has 3 heterocycles. The molecule has 0 radical (unpaired) electrons. The number of hydrogen-bond donors (Lipinski definition) is 2. The van der Waals surface area contributed by atoms with Crippen molar-refractivity contribution in [2.75, 3.05) is 6.54 Å². The van der Waals surface area contributed by atoms with E-state index < -0.39 is 24.6 Å². The second kappa shape index (κ2) is 8.53. The molecule has 0 aliphatic heterocycles. The molecule has 172 valence electrons. The number of alkyl halides is 7. The zero-order chi connectivity index (χ0) is 24.4. The third-order valence-corrected chi connectivity index (χ3v) is 4.54. The Morgan fingerprint density at radius 3 is 2.48 bits per heavy atom. The molecule has 0 spiro atoms. The van der Waals surface area contributed by atoms with Crippen molar-refractivity contribution in [3.63, 3.8) is 0 Å². The van der Waals surface area contributed by atoms with Crippen LogP contribution in [0.4, 0.5) is 30.7 Å². The number of nitriles is 1. The SMILES string of the molecule is N#Cc1ccc(/C(C=N)=C/NCC(F)(F)C(F)(F)C(F)(F)F)c(-c2ccn3ccnc3c2)n1. The Morgan fingerprint density at radius 2 is 1.85 bits per heavy atom. The Labute approximate surface area is 181 Å². The summed E-state index contributed by atoms with van der Waals surface area (Å²) in [7, 11) is 0. The number of fused-ring (bicyclic) bond motifs is 1. The number of rotatable bonds is 7. The smallest absolute Gasteiger partial charge is 0.384 e. The summed E-state index contributed by atoms with van der Waals surface area (Å²) in [5.74, 6) is -11.7. The van der Waals surface area contributed by atoms with Crippen LogP contribution < -0.4 is 5.32 Å². The molecule has 0 aliphatic rings. The Bertz CT molecular complexity index is 1250. The summed E-state index contributed by atoms with van der Waals surface area (Å²) >= 11 is 0. The lowest BCUT2D eigenvalue weighted by atomic mass is 10.0. The van der Waals surface area contributed by atoms with Gasteiger partial charge in [-0.15, -0.1) is 0 Å². The Hall–Kier alpha value is -3.95. The third-order valence-electron chi connectivity index (χ3n) is 4.54. The number of hydrogen-bond acceptors (Lipinski definition) is 5. The summed E-state index contributed by atoms with van der Waals surface area (Å²) in [5.41, 5.74) is 1.06. The van der Waals surface area contributed by atoms with Gasteiger partial charge in [0, 0.05) is 47.7 Å². The minimum absolute atomic E-state index is 0.00870. The highest BCUT2D eigenvalue weighted by molar-refractivity contribution is 6.10. The van der Waals surface area contributed by atoms with Crippen molar-refractivity contribution in [2.24, 2.45) is 0 Å². The molecular weight excluding hydrogens is 457 g/mol. The van der Waals surface area contributed by atoms with Gasteiger partial charge in [-0.1, -0.05) is 0 Å². The van der Waals surface area contributed by atoms with E-state index in [-0.39, 0.29) is 22.5 Å². The Balaban J connectivity index is 1.97. The molecule has 13 heteroatoms. The standard InChI is InChI=1S/C20H13F7N6/c21-18(22,19(23,24)20(25,26)27)11-30-10-13(8-28)15-2-1-14(9-29)32-17(15)12-3-5-33-6-4-31-16(33)7-12/h1-8,10,28,30H,11H2/b13-10+,28-8?. The van der Waals surface area contributed by atoms with Gasteiger partial charge < -0.3 is 15.1 Å². The van der Waals surface area contributed by atoms with Gasteiger partial charge in [0.15, 0.2) is 0 Å². The van der Waals surface area contributed by atoms with Gasteiger partial charge in [0.05, 0.1) is 12.2 Å². The van der Waals surface area contributed by atoms with E-state index in [0.29, 0.717) is 23.6 Å². The first-order chi connectivity index (χ1) is 15.4. The highest BCUT2D eigenvalue weighted by Gasteiger charge is 2.72. The van der Waals surface area contributed by atoms with Crippen molar-refractivity contribution in [3.05, 3.63) is 60.3 Å². The van der Waals surface area contributed by atoms with Crippen LogP contribution in [0.5, 0.6) is 0 Å². The molecule has 0 fully saturated rings. The van der Waals surface area contributed by atoms with Gasteiger partial charge in [-0.2, -0.15) is 36.0 Å². The van der Waals surface area contributed by atoms with Gasteiger partial charge >= 0.3 is 18.0 Å². The lowest BCUT2D eigenvalue weighted by molar-refractivity contribution is -0.352. The Kier molecular flexibility index (Phi) is 6.13. The molecule has 0 aromatic carbocycles. The summed E-state index contributed by atoms with van der Waals surface area (Å²) in [6.07, 6.45) is -0.233. The highest BCUT2D eigenvalue weighted by atomic mass is 19.4. The predicted octanol–water partition coefficient (Wildman–Crippen LogP) is 4.68. The van der Waals surface area contributed by atoms with Gasteiger partial charge in [-0.3, -0.25) is 0 Å². The number of imidazole rings is 1. The lowest BCUT2D eigenvalue weighted by Gasteiger charge is -2.28. The van der Waals surface area contributed by atoms with Gasteiger partial charge in [-0.25, -0.2) is 9.97 Å². The summed E-state index contributed by atoms with van der Waals surface area (Å²) in [5, 5.41) is 18.5. The molecular formula is C20H13F7N6. The molecule has 0 bridgehead atoms. The minimum Gasteiger partial charge on any atom is -0.384 e. The fourth-order valence-corrected chi connectivity index (χ4v) is 2.84. The van der Waals surface area contributed by atoms with Crippen molar-refractivity contribution < 1.29 is 30.7 Å². The fraction of sp³-hybridized carbons (Fsp3) is 0.200. The second-order valence-corrected chi connectivity index (χ2v) is 6.71. The summed E-state index contributed by atoms with van der Waals surface area (Å²) in [4.78, 5) is 8.28. The first kappa shape index (κ1) is 23.7. The van der Waals surface area contributed by atoms with Crippen LogP contribution in [0.1, 0.15) is 11.3 Å². The summed E-state index contributed by atoms with van der Waals surface area (Å²) < 4.78 is 91.8. The fourth-order valence-electron chi connectivity index (χ4n) is 2.84. The molecule has 0 aliphatic carbocycles. The van der Waals surface area contributed by atoms with Gasteiger partial charge in [0.25, 0.3) is 0 Å². The van der Waals surface area contributed by atoms with Crippen molar-refractivity contribution in [1.29, 1.82) is 10.7 Å². The molecule has 33 heavy (non-hydrogen) atoms. The molecule has 3 rings (SSSR count). The molecule has 0 unspecified atom stereocenters. The maximum absolute atomic E-state index is 13.5. The van der Waals surface area contributed by atoms with E-state index in [9.17, 15) is 30.7 Å². The van der Waals surface area contributed by atoms with E-state index in [2.05, 4.69) is 9.97 Å². The average molecular weight is 470 g/mol. The minimum atomic E-state index is -6.44. The van der Waals surface area contributed by atoms with Crippen molar-refractivity contribution >= 4 is 17.4 Å². The molecule has 3 aromatic heterocycles. The quantitative estimate of drug-likeness (QED) is 0.388. The van der Waals surface area contributed by atoms with E-state index in [4.69, 9.17) is 10.7 Å². The molecule has 3 aromatic rings. The molecule has 0 saturated heterocycles. The number of nitrogens with zero attached hydrogens (tertiary/aromatic N) is 4. The summed E-state index contributed by atoms with van der Waals surface area (Å²) in [6, 6.07) is 7.66. The van der Waals surface area contributed by atoms with Crippen molar-refractivity contribution in [1.82, 2.24) is 19.7 Å². The van der Waals surface area contributed by atoms with Crippen LogP contribution >= 0.6 is 0 Å². The number of halogens is 7. The first-order valence-corrected chi connectivity index (χ1v) is 9.02. The van der Waals surface area contributed by atoms with Gasteiger partial charge in [0.2, 0.25) is 0 Å². The number of allylic oxidation sites excluding steroid dienone is 1. The van der Waals surface area contributed by atoms with E-state index in [1.807, 2.05) is 6.07 Å². The molecule has 0 atom stereocenters. The van der Waals surface area contributed by atoms with Crippen LogP contribution in [0.15, 0.2) is 49.1 Å². The zero-order valence-corrected chi connectivity index (χ0v) is 16.3. The second-order valence-electron chi connectivity index (χ2n) is 6.71.